The molecule has 0 bridgehead atoms. The Kier molecular flexibility index (Phi) is 39.0. The first-order chi connectivity index (χ1) is 32.7. The highest BCUT2D eigenvalue weighted by atomic mass is 31.2. The van der Waals surface area contributed by atoms with Crippen molar-refractivity contribution in [1.29, 1.82) is 0 Å². The summed E-state index contributed by atoms with van der Waals surface area (Å²) in [5.41, 5.74) is 0. The summed E-state index contributed by atoms with van der Waals surface area (Å²) in [4.78, 5) is 75.3. The maximum Gasteiger partial charge on any atom is 0.470 e. The lowest BCUT2D eigenvalue weighted by molar-refractivity contribution is -0.200. The Bertz CT molecular complexity index is 1330. The van der Waals surface area contributed by atoms with E-state index in [-0.39, 0.29) is 32.4 Å². The zero-order valence-corrected chi connectivity index (χ0v) is 44.3. The number of esters is 3. The van der Waals surface area contributed by atoms with Crippen LogP contribution < -0.4 is 5.32 Å². The third-order valence-electron chi connectivity index (χ3n) is 12.7. The van der Waals surface area contributed by atoms with Crippen molar-refractivity contribution in [1.82, 2.24) is 10.2 Å². The lowest BCUT2D eigenvalue weighted by Crippen LogP contribution is -2.62. The Labute approximate surface area is 412 Å². The number of carbonyl (C=O) groups is 4. The second kappa shape index (κ2) is 41.5. The van der Waals surface area contributed by atoms with E-state index in [4.69, 9.17) is 23.5 Å². The van der Waals surface area contributed by atoms with Gasteiger partial charge in [-0.1, -0.05) is 201 Å². The number of nitrogens with one attached hydrogen (secondary N) is 1. The Morgan fingerprint density at radius 2 is 1.07 bits per heavy atom. The number of ether oxygens (including phenoxy) is 4. The van der Waals surface area contributed by atoms with Gasteiger partial charge < -0.3 is 39.2 Å². The average Bonchev–Trinajstić information content (AvgIpc) is 3.27. The molecule has 4 N–H and O–H groups in total. The fraction of sp³-hybridized carbons (Fsp3) is 0.923. The Hall–Kier alpha value is -2.13. The van der Waals surface area contributed by atoms with Crippen LogP contribution in [0, 0.1) is 0 Å². The predicted octanol–water partition coefficient (Wildman–Crippen LogP) is 11.0. The molecule has 1 amide bonds. The monoisotopic (exact) mass is 991 g/mol. The van der Waals surface area contributed by atoms with Crippen LogP contribution in [0.25, 0.3) is 0 Å². The summed E-state index contributed by atoms with van der Waals surface area (Å²) >= 11 is 0. The third kappa shape index (κ3) is 35.0. The van der Waals surface area contributed by atoms with Crippen molar-refractivity contribution in [3.8, 4) is 0 Å². The van der Waals surface area contributed by atoms with E-state index in [9.17, 15) is 38.6 Å². The Morgan fingerprint density at radius 3 is 1.53 bits per heavy atom. The molecule has 1 aliphatic heterocycles. The lowest BCUT2D eigenvalue weighted by atomic mass is 9.97. The molecule has 0 radical (unpaired) electrons. The molecular weight excluding hydrogens is 892 g/mol. The highest BCUT2D eigenvalue weighted by Crippen LogP contribution is 2.41. The molecule has 400 valence electrons. The number of phosphoric ester groups is 1. The van der Waals surface area contributed by atoms with Gasteiger partial charge in [-0.15, -0.1) is 0 Å². The first-order valence-electron chi connectivity index (χ1n) is 27.2. The van der Waals surface area contributed by atoms with Crippen LogP contribution in [0.4, 0.5) is 0 Å². The first kappa shape index (κ1) is 63.9. The van der Waals surface area contributed by atoms with Gasteiger partial charge in [0.15, 0.2) is 12.2 Å². The van der Waals surface area contributed by atoms with Gasteiger partial charge in [-0.25, -0.2) is 9.36 Å². The van der Waals surface area contributed by atoms with Gasteiger partial charge in [-0.2, -0.15) is 0 Å². The van der Waals surface area contributed by atoms with Crippen molar-refractivity contribution >= 4 is 31.6 Å². The van der Waals surface area contributed by atoms with Crippen LogP contribution in [0.1, 0.15) is 239 Å². The van der Waals surface area contributed by atoms with E-state index in [0.29, 0.717) is 19.3 Å². The summed E-state index contributed by atoms with van der Waals surface area (Å²) in [6, 6.07) is -1.19. The van der Waals surface area contributed by atoms with Crippen molar-refractivity contribution in [2.24, 2.45) is 0 Å². The molecular formula is C52H99N2O13P. The van der Waals surface area contributed by atoms with Crippen molar-refractivity contribution < 1.29 is 62.1 Å². The van der Waals surface area contributed by atoms with Gasteiger partial charge in [0, 0.05) is 6.42 Å². The molecule has 15 nitrogen and oxygen atoms in total. The van der Waals surface area contributed by atoms with Crippen LogP contribution in [0.5, 0.6) is 0 Å². The molecule has 16 heteroatoms. The molecule has 1 heterocycles. The number of phosphoric acid groups is 1. The second-order valence-electron chi connectivity index (χ2n) is 19.6. The number of nitrogens with zero attached hydrogens (tertiary/aromatic N) is 1. The number of aliphatic hydroxyl groups excluding tert-OH is 1. The molecule has 1 aliphatic rings. The molecule has 1 rings (SSSR count). The zero-order chi connectivity index (χ0) is 50.3. The van der Waals surface area contributed by atoms with E-state index in [0.717, 1.165) is 70.6 Å². The molecule has 0 aromatic heterocycles. The van der Waals surface area contributed by atoms with Crippen molar-refractivity contribution in [2.45, 2.75) is 276 Å². The lowest BCUT2D eigenvalue weighted by Gasteiger charge is -2.42. The average molecular weight is 991 g/mol. The zero-order valence-electron chi connectivity index (χ0n) is 43.4. The van der Waals surface area contributed by atoms with E-state index in [2.05, 4.69) is 26.1 Å². The number of rotatable bonds is 45. The maximum absolute atomic E-state index is 14.2. The van der Waals surface area contributed by atoms with Gasteiger partial charge in [0.1, 0.15) is 18.8 Å². The highest BCUT2D eigenvalue weighted by Gasteiger charge is 2.48. The van der Waals surface area contributed by atoms with Crippen LogP contribution in [-0.4, -0.2) is 114 Å². The first-order valence-corrected chi connectivity index (χ1v) is 28.8. The molecule has 1 unspecified atom stereocenters. The van der Waals surface area contributed by atoms with Crippen LogP contribution in [0.2, 0.25) is 0 Å². The molecule has 68 heavy (non-hydrogen) atoms. The van der Waals surface area contributed by atoms with Gasteiger partial charge in [0.05, 0.1) is 31.7 Å². The summed E-state index contributed by atoms with van der Waals surface area (Å²) in [5, 5.41) is 13.5. The molecule has 0 spiro atoms. The fourth-order valence-electron chi connectivity index (χ4n) is 8.71. The van der Waals surface area contributed by atoms with Crippen molar-refractivity contribution in [2.75, 3.05) is 33.9 Å². The van der Waals surface area contributed by atoms with Crippen LogP contribution >= 0.6 is 7.82 Å². The number of carbonyl (C=O) groups excluding carboxylic acids is 4. The molecule has 0 aromatic rings. The minimum Gasteiger partial charge on any atom is -0.462 e. The van der Waals surface area contributed by atoms with Crippen LogP contribution in [-0.2, 0) is 47.2 Å². The van der Waals surface area contributed by atoms with E-state index < -0.39 is 74.8 Å². The summed E-state index contributed by atoms with van der Waals surface area (Å²) in [5.74, 6) is -2.72. The Balaban J connectivity index is 3.15. The number of hydrogen-bond acceptors (Lipinski definition) is 12. The standard InChI is InChI=1S/C52H99N2O13P/c1-6-9-12-15-18-21-23-26-29-32-35-38-48(57)65-45(37-34-31-28-25-22-19-16-13-10-7-2)52(59)66-50-44(53-47(56)39-43(55)36-33-30-27-24-20-17-14-11-8-3)41-63-46(51(50)67-68(60,61)62)42-64-49(58)40-54(4)5/h43-46,50-51,55H,6-42H2,1-5H3,(H,53,56)(H2,60,61,62)/t43-,44+,45?,46-,50-,51-/m1/s1. The van der Waals surface area contributed by atoms with Gasteiger partial charge >= 0.3 is 25.7 Å². The van der Waals surface area contributed by atoms with Crippen molar-refractivity contribution in [3.05, 3.63) is 0 Å². The number of aliphatic hydroxyl groups is 1. The molecule has 0 aromatic carbocycles. The highest BCUT2D eigenvalue weighted by molar-refractivity contribution is 7.46. The molecule has 1 fully saturated rings. The van der Waals surface area contributed by atoms with E-state index in [1.165, 1.54) is 109 Å². The van der Waals surface area contributed by atoms with Crippen molar-refractivity contribution in [3.63, 3.8) is 0 Å². The van der Waals surface area contributed by atoms with Crippen LogP contribution in [0.15, 0.2) is 0 Å². The maximum atomic E-state index is 14.2. The van der Waals surface area contributed by atoms with Crippen LogP contribution in [0.3, 0.4) is 0 Å². The van der Waals surface area contributed by atoms with Gasteiger partial charge in [0.2, 0.25) is 5.91 Å². The second-order valence-corrected chi connectivity index (χ2v) is 20.8. The minimum absolute atomic E-state index is 0.0829. The van der Waals surface area contributed by atoms with Gasteiger partial charge in [-0.05, 0) is 39.8 Å². The van der Waals surface area contributed by atoms with Gasteiger partial charge in [-0.3, -0.25) is 23.8 Å². The van der Waals surface area contributed by atoms with E-state index in [1.54, 1.807) is 19.0 Å². The normalized spacial score (nSPS) is 18.3. The molecule has 1 saturated heterocycles. The smallest absolute Gasteiger partial charge is 0.462 e. The third-order valence-corrected chi connectivity index (χ3v) is 13.2. The van der Waals surface area contributed by atoms with E-state index in [1.807, 2.05) is 0 Å². The largest absolute Gasteiger partial charge is 0.470 e. The summed E-state index contributed by atoms with van der Waals surface area (Å²) < 4.78 is 40.9. The predicted molar refractivity (Wildman–Crippen MR) is 268 cm³/mol. The molecule has 6 atom stereocenters. The number of likely N-dealkylation sites (N-methyl/N-ethyl adjacent to an activating group) is 1. The summed E-state index contributed by atoms with van der Waals surface area (Å²) in [6.07, 6.45) is 26.5. The number of unbranched alkanes of at least 4 members (excludes halogenated alkanes) is 27. The van der Waals surface area contributed by atoms with Gasteiger partial charge in [0.25, 0.3) is 0 Å². The number of hydrogen-bond donors (Lipinski definition) is 4. The fourth-order valence-corrected chi connectivity index (χ4v) is 9.29. The molecule has 0 aliphatic carbocycles. The Morgan fingerprint density at radius 1 is 0.632 bits per heavy atom. The minimum atomic E-state index is -5.31. The SMILES string of the molecule is CCCCCCCCCCCCCC(=O)OC(CCCCCCCCCCCC)C(=O)O[C@H]1[C@H](OP(=O)(O)O)[C@@H](COC(=O)CN(C)C)OC[C@@H]1NC(=O)C[C@H](O)CCCCCCCCCCC. The topological polar surface area (TPSA) is 207 Å². The summed E-state index contributed by atoms with van der Waals surface area (Å²) in [7, 11) is -1.97. The van der Waals surface area contributed by atoms with E-state index >= 15 is 0 Å². The quantitative estimate of drug-likeness (QED) is 0.0194. The summed E-state index contributed by atoms with van der Waals surface area (Å²) in [6.45, 7) is 5.72. The molecule has 0 saturated carbocycles. The number of amides is 1.